The fraction of sp³-hybridized carbons (Fsp3) is 0.308. The highest BCUT2D eigenvalue weighted by Gasteiger charge is 2.15. The van der Waals surface area contributed by atoms with Crippen molar-refractivity contribution in [2.24, 2.45) is 0 Å². The van der Waals surface area contributed by atoms with Gasteiger partial charge in [0.05, 0.1) is 6.10 Å². The van der Waals surface area contributed by atoms with E-state index in [1.807, 2.05) is 44.3 Å². The Morgan fingerprint density at radius 1 is 0.875 bits per heavy atom. The minimum atomic E-state index is 0.154. The summed E-state index contributed by atoms with van der Waals surface area (Å²) < 4.78 is 5.76. The van der Waals surface area contributed by atoms with Crippen LogP contribution in [0.2, 0.25) is 0 Å². The maximum Gasteiger partial charge on any atom is 0.155 e. The van der Waals surface area contributed by atoms with Crippen molar-refractivity contribution in [2.45, 2.75) is 20.0 Å². The first-order chi connectivity index (χ1) is 15.6. The Bertz CT molecular complexity index is 1190. The Labute approximate surface area is 188 Å². The van der Waals surface area contributed by atoms with E-state index in [2.05, 4.69) is 62.4 Å². The maximum absolute atomic E-state index is 5.76. The first kappa shape index (κ1) is 20.5. The number of anilines is 1. The Morgan fingerprint density at radius 3 is 2.25 bits per heavy atom. The normalized spacial score (nSPS) is 14.9. The van der Waals surface area contributed by atoms with E-state index in [9.17, 15) is 0 Å². The van der Waals surface area contributed by atoms with E-state index in [-0.39, 0.29) is 6.10 Å². The molecule has 0 bridgehead atoms. The van der Waals surface area contributed by atoms with Crippen molar-refractivity contribution in [3.8, 4) is 28.1 Å². The number of nitrogens with zero attached hydrogens (tertiary/aromatic N) is 4. The van der Waals surface area contributed by atoms with Crippen LogP contribution in [0.1, 0.15) is 13.8 Å². The van der Waals surface area contributed by atoms with Crippen LogP contribution >= 0.6 is 0 Å². The van der Waals surface area contributed by atoms with Crippen LogP contribution < -0.4 is 9.64 Å². The average molecular weight is 428 g/mol. The number of H-pyrrole nitrogens is 1. The third-order valence-electron chi connectivity index (χ3n) is 5.99. The van der Waals surface area contributed by atoms with Crippen molar-refractivity contribution < 1.29 is 4.74 Å². The summed E-state index contributed by atoms with van der Waals surface area (Å²) in [6.07, 6.45) is 2.07. The lowest BCUT2D eigenvalue weighted by atomic mass is 10.0. The molecule has 1 fully saturated rings. The largest absolute Gasteiger partial charge is 0.491 e. The van der Waals surface area contributed by atoms with E-state index >= 15 is 0 Å². The summed E-state index contributed by atoms with van der Waals surface area (Å²) in [5.74, 6) is 0.864. The molecule has 0 atom stereocenters. The van der Waals surface area contributed by atoms with E-state index in [1.165, 1.54) is 5.69 Å². The molecule has 0 radical (unpaired) electrons. The molecule has 0 amide bonds. The van der Waals surface area contributed by atoms with Gasteiger partial charge in [0.1, 0.15) is 11.4 Å². The van der Waals surface area contributed by atoms with Crippen LogP contribution in [-0.2, 0) is 0 Å². The van der Waals surface area contributed by atoms with Crippen molar-refractivity contribution in [2.75, 3.05) is 38.1 Å². The average Bonchev–Trinajstić information content (AvgIpc) is 3.23. The summed E-state index contributed by atoms with van der Waals surface area (Å²) in [5.41, 5.74) is 6.26. The molecule has 2 aromatic heterocycles. The standard InChI is InChI=1S/C26H29N5O/c1-18(2)32-23-10-6-20(7-11-23)25-24-16-21(17-27-26(24)29-28-25)19-4-8-22(9-5-19)31-14-12-30(3)13-15-31/h4-11,16-18H,12-15H2,1-3H3,(H,27,28,29). The number of ether oxygens (including phenoxy) is 1. The fourth-order valence-electron chi connectivity index (χ4n) is 4.17. The van der Waals surface area contributed by atoms with E-state index in [0.717, 1.165) is 65.3 Å². The number of likely N-dealkylation sites (N-methyl/N-ethyl adjacent to an activating group) is 1. The Morgan fingerprint density at radius 2 is 1.56 bits per heavy atom. The molecule has 2 aromatic carbocycles. The molecule has 5 rings (SSSR count). The molecule has 1 saturated heterocycles. The van der Waals surface area contributed by atoms with Crippen LogP contribution in [0.3, 0.4) is 0 Å². The Balaban J connectivity index is 1.41. The van der Waals surface area contributed by atoms with Crippen LogP contribution in [0, 0.1) is 0 Å². The topological polar surface area (TPSA) is 57.3 Å². The summed E-state index contributed by atoms with van der Waals surface area (Å²) in [7, 11) is 2.18. The Kier molecular flexibility index (Phi) is 5.53. The number of hydrogen-bond acceptors (Lipinski definition) is 5. The number of nitrogens with one attached hydrogen (secondary N) is 1. The van der Waals surface area contributed by atoms with Gasteiger partial charge in [-0.1, -0.05) is 12.1 Å². The van der Waals surface area contributed by atoms with Crippen LogP contribution in [0.25, 0.3) is 33.4 Å². The first-order valence-electron chi connectivity index (χ1n) is 11.2. The molecular weight excluding hydrogens is 398 g/mol. The highest BCUT2D eigenvalue weighted by Crippen LogP contribution is 2.31. The van der Waals surface area contributed by atoms with Crippen LogP contribution in [0.4, 0.5) is 5.69 Å². The first-order valence-corrected chi connectivity index (χ1v) is 11.2. The summed E-state index contributed by atoms with van der Waals surface area (Å²) >= 11 is 0. The monoisotopic (exact) mass is 427 g/mol. The molecule has 1 aliphatic heterocycles. The van der Waals surface area contributed by atoms with Gasteiger partial charge in [-0.2, -0.15) is 5.10 Å². The molecule has 32 heavy (non-hydrogen) atoms. The zero-order chi connectivity index (χ0) is 22.1. The molecule has 0 saturated carbocycles. The quantitative estimate of drug-likeness (QED) is 0.494. The summed E-state index contributed by atoms with van der Waals surface area (Å²) in [4.78, 5) is 9.45. The summed E-state index contributed by atoms with van der Waals surface area (Å²) in [6.45, 7) is 8.41. The number of fused-ring (bicyclic) bond motifs is 1. The van der Waals surface area contributed by atoms with E-state index in [4.69, 9.17) is 4.74 Å². The van der Waals surface area contributed by atoms with E-state index in [1.54, 1.807) is 0 Å². The number of aromatic nitrogens is 3. The number of aromatic amines is 1. The molecule has 3 heterocycles. The van der Waals surface area contributed by atoms with Crippen molar-refractivity contribution in [3.63, 3.8) is 0 Å². The number of benzene rings is 2. The van der Waals surface area contributed by atoms with Crippen molar-refractivity contribution in [1.29, 1.82) is 0 Å². The molecule has 0 spiro atoms. The fourth-order valence-corrected chi connectivity index (χ4v) is 4.17. The maximum atomic E-state index is 5.76. The molecule has 164 valence electrons. The zero-order valence-electron chi connectivity index (χ0n) is 18.9. The smallest absolute Gasteiger partial charge is 0.155 e. The molecule has 1 N–H and O–H groups in total. The van der Waals surface area contributed by atoms with Crippen molar-refractivity contribution >= 4 is 16.7 Å². The number of rotatable bonds is 5. The zero-order valence-corrected chi connectivity index (χ0v) is 18.9. The molecular formula is C26H29N5O. The van der Waals surface area contributed by atoms with Crippen molar-refractivity contribution in [1.82, 2.24) is 20.1 Å². The lowest BCUT2D eigenvalue weighted by Gasteiger charge is -2.34. The number of piperazine rings is 1. The van der Waals surface area contributed by atoms with Gasteiger partial charge < -0.3 is 14.5 Å². The minimum Gasteiger partial charge on any atom is -0.491 e. The van der Waals surface area contributed by atoms with E-state index in [0.29, 0.717) is 0 Å². The highest BCUT2D eigenvalue weighted by atomic mass is 16.5. The van der Waals surface area contributed by atoms with Gasteiger partial charge in [-0.05, 0) is 68.9 Å². The molecule has 6 nitrogen and oxygen atoms in total. The molecule has 0 aliphatic carbocycles. The van der Waals surface area contributed by atoms with Gasteiger partial charge in [-0.15, -0.1) is 0 Å². The third-order valence-corrected chi connectivity index (χ3v) is 5.99. The second kappa shape index (κ2) is 8.63. The summed E-state index contributed by atoms with van der Waals surface area (Å²) in [5, 5.41) is 8.62. The number of hydrogen-bond donors (Lipinski definition) is 1. The Hall–Kier alpha value is -3.38. The van der Waals surface area contributed by atoms with Crippen LogP contribution in [0.15, 0.2) is 60.8 Å². The highest BCUT2D eigenvalue weighted by molar-refractivity contribution is 5.93. The summed E-state index contributed by atoms with van der Waals surface area (Å²) in [6, 6.07) is 19.1. The molecule has 6 heteroatoms. The number of pyridine rings is 1. The van der Waals surface area contributed by atoms with Gasteiger partial charge >= 0.3 is 0 Å². The predicted molar refractivity (Wildman–Crippen MR) is 130 cm³/mol. The van der Waals surface area contributed by atoms with Gasteiger partial charge in [-0.3, -0.25) is 5.10 Å². The van der Waals surface area contributed by atoms with Gasteiger partial charge in [0.25, 0.3) is 0 Å². The predicted octanol–water partition coefficient (Wildman–Crippen LogP) is 4.83. The third kappa shape index (κ3) is 4.18. The molecule has 1 aliphatic rings. The van der Waals surface area contributed by atoms with Gasteiger partial charge in [0, 0.05) is 54.6 Å². The lowest BCUT2D eigenvalue weighted by Crippen LogP contribution is -2.44. The van der Waals surface area contributed by atoms with Gasteiger partial charge in [-0.25, -0.2) is 4.98 Å². The minimum absolute atomic E-state index is 0.154. The van der Waals surface area contributed by atoms with Crippen molar-refractivity contribution in [3.05, 3.63) is 60.8 Å². The second-order valence-electron chi connectivity index (χ2n) is 8.72. The lowest BCUT2D eigenvalue weighted by molar-refractivity contribution is 0.242. The molecule has 0 unspecified atom stereocenters. The molecule has 4 aromatic rings. The van der Waals surface area contributed by atoms with E-state index < -0.39 is 0 Å². The SMILES string of the molecule is CC(C)Oc1ccc(-c2n[nH]c3ncc(-c4ccc(N5CCN(C)CC5)cc4)cc23)cc1. The van der Waals surface area contributed by atoms with Crippen LogP contribution in [0.5, 0.6) is 5.75 Å². The second-order valence-corrected chi connectivity index (χ2v) is 8.72. The van der Waals surface area contributed by atoms with Crippen LogP contribution in [-0.4, -0.2) is 59.4 Å². The van der Waals surface area contributed by atoms with Gasteiger partial charge in [0.15, 0.2) is 5.65 Å². The van der Waals surface area contributed by atoms with Gasteiger partial charge in [0.2, 0.25) is 0 Å².